The van der Waals surface area contributed by atoms with Crippen molar-refractivity contribution in [2.75, 3.05) is 0 Å². The van der Waals surface area contributed by atoms with Gasteiger partial charge in [0.05, 0.1) is 0 Å². The standard InChI is InChI=1S/C14H12BrNO/c15-13-6-2-3-10-11(13)4-1-5-12(10)14(17)16-9-7-8-9/h1-6,9H,7-8H2,(H,16,17). The van der Waals surface area contributed by atoms with Crippen LogP contribution in [-0.4, -0.2) is 11.9 Å². The molecule has 0 aliphatic heterocycles. The number of benzene rings is 2. The van der Waals surface area contributed by atoms with Crippen LogP contribution in [-0.2, 0) is 0 Å². The van der Waals surface area contributed by atoms with E-state index in [9.17, 15) is 4.79 Å². The van der Waals surface area contributed by atoms with E-state index >= 15 is 0 Å². The SMILES string of the molecule is O=C(NC1CC1)c1cccc2c(Br)cccc12. The number of nitrogens with one attached hydrogen (secondary N) is 1. The highest BCUT2D eigenvalue weighted by molar-refractivity contribution is 9.10. The zero-order chi connectivity index (χ0) is 11.8. The second-order valence-corrected chi connectivity index (χ2v) is 5.24. The first-order valence-corrected chi connectivity index (χ1v) is 6.53. The number of hydrogen-bond donors (Lipinski definition) is 1. The van der Waals surface area contributed by atoms with Gasteiger partial charge in [-0.1, -0.05) is 40.2 Å². The number of carbonyl (C=O) groups is 1. The van der Waals surface area contributed by atoms with Gasteiger partial charge in [-0.05, 0) is 35.7 Å². The summed E-state index contributed by atoms with van der Waals surface area (Å²) in [6.07, 6.45) is 2.22. The second kappa shape index (κ2) is 4.15. The molecule has 0 saturated heterocycles. The van der Waals surface area contributed by atoms with Gasteiger partial charge in [0, 0.05) is 16.1 Å². The first-order valence-electron chi connectivity index (χ1n) is 5.74. The van der Waals surface area contributed by atoms with E-state index in [-0.39, 0.29) is 5.91 Å². The van der Waals surface area contributed by atoms with Crippen LogP contribution >= 0.6 is 15.9 Å². The Morgan fingerprint density at radius 3 is 2.59 bits per heavy atom. The molecule has 1 saturated carbocycles. The Hall–Kier alpha value is -1.35. The molecule has 0 aromatic heterocycles. The van der Waals surface area contributed by atoms with Crippen molar-refractivity contribution in [1.82, 2.24) is 5.32 Å². The van der Waals surface area contributed by atoms with Crippen LogP contribution in [0.25, 0.3) is 10.8 Å². The Morgan fingerprint density at radius 1 is 1.12 bits per heavy atom. The summed E-state index contributed by atoms with van der Waals surface area (Å²) in [6.45, 7) is 0. The minimum Gasteiger partial charge on any atom is -0.349 e. The fraction of sp³-hybridized carbons (Fsp3) is 0.214. The molecule has 17 heavy (non-hydrogen) atoms. The van der Waals surface area contributed by atoms with Gasteiger partial charge in [-0.3, -0.25) is 4.79 Å². The average molecular weight is 290 g/mol. The van der Waals surface area contributed by atoms with Gasteiger partial charge in [-0.15, -0.1) is 0 Å². The molecular formula is C14H12BrNO. The number of amides is 1. The lowest BCUT2D eigenvalue weighted by molar-refractivity contribution is 0.0953. The van der Waals surface area contributed by atoms with Crippen molar-refractivity contribution >= 4 is 32.6 Å². The monoisotopic (exact) mass is 289 g/mol. The van der Waals surface area contributed by atoms with E-state index < -0.39 is 0 Å². The van der Waals surface area contributed by atoms with E-state index in [0.717, 1.165) is 33.7 Å². The maximum absolute atomic E-state index is 12.1. The number of fused-ring (bicyclic) bond motifs is 1. The highest BCUT2D eigenvalue weighted by Crippen LogP contribution is 2.27. The van der Waals surface area contributed by atoms with E-state index in [2.05, 4.69) is 21.2 Å². The topological polar surface area (TPSA) is 29.1 Å². The van der Waals surface area contributed by atoms with Crippen LogP contribution in [0.4, 0.5) is 0 Å². The lowest BCUT2D eigenvalue weighted by Gasteiger charge is -2.08. The van der Waals surface area contributed by atoms with Crippen molar-refractivity contribution in [2.24, 2.45) is 0 Å². The zero-order valence-corrected chi connectivity index (χ0v) is 10.8. The molecular weight excluding hydrogens is 278 g/mol. The van der Waals surface area contributed by atoms with Crippen molar-refractivity contribution in [2.45, 2.75) is 18.9 Å². The summed E-state index contributed by atoms with van der Waals surface area (Å²) in [5.74, 6) is 0.0381. The van der Waals surface area contributed by atoms with Crippen LogP contribution in [0, 0.1) is 0 Å². The molecule has 0 bridgehead atoms. The summed E-state index contributed by atoms with van der Waals surface area (Å²) >= 11 is 3.51. The Bertz CT molecular complexity index is 590. The quantitative estimate of drug-likeness (QED) is 0.901. The summed E-state index contributed by atoms with van der Waals surface area (Å²) in [5.41, 5.74) is 0.760. The van der Waals surface area contributed by atoms with Crippen LogP contribution in [0.5, 0.6) is 0 Å². The second-order valence-electron chi connectivity index (χ2n) is 4.39. The minimum absolute atomic E-state index is 0.0381. The summed E-state index contributed by atoms with van der Waals surface area (Å²) < 4.78 is 1.02. The third-order valence-corrected chi connectivity index (χ3v) is 3.72. The van der Waals surface area contributed by atoms with Crippen LogP contribution in [0.15, 0.2) is 40.9 Å². The van der Waals surface area contributed by atoms with Crippen LogP contribution in [0.3, 0.4) is 0 Å². The van der Waals surface area contributed by atoms with E-state index in [4.69, 9.17) is 0 Å². The van der Waals surface area contributed by atoms with E-state index in [0.29, 0.717) is 6.04 Å². The molecule has 1 fully saturated rings. The van der Waals surface area contributed by atoms with Gasteiger partial charge in [-0.25, -0.2) is 0 Å². The van der Waals surface area contributed by atoms with Gasteiger partial charge in [0.15, 0.2) is 0 Å². The van der Waals surface area contributed by atoms with Gasteiger partial charge in [0.2, 0.25) is 0 Å². The van der Waals surface area contributed by atoms with Crippen LogP contribution in [0.1, 0.15) is 23.2 Å². The Morgan fingerprint density at radius 2 is 1.82 bits per heavy atom. The maximum Gasteiger partial charge on any atom is 0.252 e. The summed E-state index contributed by atoms with van der Waals surface area (Å²) in [6, 6.07) is 12.2. The predicted molar refractivity (Wildman–Crippen MR) is 72.1 cm³/mol. The van der Waals surface area contributed by atoms with Crippen LogP contribution < -0.4 is 5.32 Å². The first kappa shape index (κ1) is 10.8. The summed E-state index contributed by atoms with van der Waals surface area (Å²) in [7, 11) is 0. The van der Waals surface area contributed by atoms with Crippen molar-refractivity contribution in [3.63, 3.8) is 0 Å². The summed E-state index contributed by atoms with van der Waals surface area (Å²) in [5, 5.41) is 5.11. The van der Waals surface area contributed by atoms with Crippen molar-refractivity contribution in [1.29, 1.82) is 0 Å². The molecule has 3 heteroatoms. The molecule has 0 spiro atoms. The maximum atomic E-state index is 12.1. The lowest BCUT2D eigenvalue weighted by atomic mass is 10.0. The molecule has 1 amide bonds. The third-order valence-electron chi connectivity index (χ3n) is 3.03. The molecule has 0 atom stereocenters. The smallest absolute Gasteiger partial charge is 0.252 e. The van der Waals surface area contributed by atoms with Gasteiger partial charge >= 0.3 is 0 Å². The first-order chi connectivity index (χ1) is 8.25. The van der Waals surface area contributed by atoms with E-state index in [1.165, 1.54) is 0 Å². The molecule has 1 aliphatic rings. The highest BCUT2D eigenvalue weighted by atomic mass is 79.9. The van der Waals surface area contributed by atoms with Gasteiger partial charge in [0.25, 0.3) is 5.91 Å². The zero-order valence-electron chi connectivity index (χ0n) is 9.24. The fourth-order valence-corrected chi connectivity index (χ4v) is 2.46. The minimum atomic E-state index is 0.0381. The average Bonchev–Trinajstić information content (AvgIpc) is 3.13. The molecule has 0 radical (unpaired) electrons. The molecule has 1 N–H and O–H groups in total. The highest BCUT2D eigenvalue weighted by Gasteiger charge is 2.24. The normalized spacial score (nSPS) is 14.9. The largest absolute Gasteiger partial charge is 0.349 e. The molecule has 2 aromatic rings. The Kier molecular flexibility index (Phi) is 2.63. The van der Waals surface area contributed by atoms with Gasteiger partial charge in [-0.2, -0.15) is 0 Å². The van der Waals surface area contributed by atoms with Gasteiger partial charge < -0.3 is 5.32 Å². The number of carbonyl (C=O) groups excluding carboxylic acids is 1. The molecule has 0 heterocycles. The van der Waals surface area contributed by atoms with E-state index in [1.807, 2.05) is 36.4 Å². The van der Waals surface area contributed by atoms with Crippen molar-refractivity contribution in [3.8, 4) is 0 Å². The predicted octanol–water partition coefficient (Wildman–Crippen LogP) is 3.49. The Labute approximate surface area is 108 Å². The molecule has 1 aliphatic carbocycles. The molecule has 2 nitrogen and oxygen atoms in total. The van der Waals surface area contributed by atoms with Gasteiger partial charge in [0.1, 0.15) is 0 Å². The third kappa shape index (κ3) is 2.07. The molecule has 3 rings (SSSR count). The number of halogens is 1. The van der Waals surface area contributed by atoms with E-state index in [1.54, 1.807) is 0 Å². The Balaban J connectivity index is 2.09. The molecule has 0 unspecified atom stereocenters. The molecule has 86 valence electrons. The molecule has 2 aromatic carbocycles. The lowest BCUT2D eigenvalue weighted by Crippen LogP contribution is -2.25. The van der Waals surface area contributed by atoms with Crippen LogP contribution in [0.2, 0.25) is 0 Å². The fourth-order valence-electron chi connectivity index (χ4n) is 1.96. The van der Waals surface area contributed by atoms with Crippen molar-refractivity contribution in [3.05, 3.63) is 46.4 Å². The van der Waals surface area contributed by atoms with Crippen molar-refractivity contribution < 1.29 is 4.79 Å². The number of rotatable bonds is 2. The number of hydrogen-bond acceptors (Lipinski definition) is 1. The summed E-state index contributed by atoms with van der Waals surface area (Å²) in [4.78, 5) is 12.1.